The number of carboxylic acid groups (broad SMARTS) is 1. The average Bonchev–Trinajstić information content (AvgIpc) is 2.88. The Kier molecular flexibility index (Phi) is 8.76. The van der Waals surface area contributed by atoms with Gasteiger partial charge in [0.25, 0.3) is 5.91 Å². The highest BCUT2D eigenvalue weighted by molar-refractivity contribution is 7.89. The summed E-state index contributed by atoms with van der Waals surface area (Å²) in [6.07, 6.45) is 1.19. The van der Waals surface area contributed by atoms with E-state index in [-0.39, 0.29) is 28.3 Å². The Labute approximate surface area is 208 Å². The van der Waals surface area contributed by atoms with Crippen LogP contribution in [0.15, 0.2) is 82.8 Å². The molecule has 3 aromatic rings. The summed E-state index contributed by atoms with van der Waals surface area (Å²) in [5.74, 6) is -1.26. The Morgan fingerprint density at radius 1 is 0.972 bits per heavy atom. The molecule has 3 rings (SSSR count). The topological polar surface area (TPSA) is 135 Å². The number of nitrogens with zero attached hydrogens (tertiary/aromatic N) is 2. The lowest BCUT2D eigenvalue weighted by molar-refractivity contribution is -0.121. The van der Waals surface area contributed by atoms with Gasteiger partial charge in [-0.15, -0.1) is 0 Å². The van der Waals surface area contributed by atoms with Crippen molar-refractivity contribution in [2.24, 2.45) is 5.10 Å². The molecule has 11 heteroatoms. The number of carbonyl (C=O) groups is 2. The second kappa shape index (κ2) is 12.0. The Morgan fingerprint density at radius 3 is 2.31 bits per heavy atom. The first-order valence-corrected chi connectivity index (χ1v) is 12.1. The number of nitrogens with one attached hydrogen (secondary N) is 1. The molecule has 0 aliphatic rings. The Morgan fingerprint density at radius 2 is 1.64 bits per heavy atom. The number of amides is 1. The molecule has 0 bridgehead atoms. The molecule has 0 aliphatic carbocycles. The molecular weight excluding hydrogens is 486 g/mol. The van der Waals surface area contributed by atoms with E-state index in [4.69, 9.17) is 9.47 Å². The summed E-state index contributed by atoms with van der Waals surface area (Å²) in [5, 5.41) is 13.1. The molecule has 0 aliphatic heterocycles. The van der Waals surface area contributed by atoms with E-state index < -0.39 is 28.4 Å². The normalized spacial score (nSPS) is 11.4. The number of hydrogen-bond acceptors (Lipinski definition) is 7. The van der Waals surface area contributed by atoms with Gasteiger partial charge in [-0.2, -0.15) is 9.41 Å². The number of ether oxygens (including phenoxy) is 2. The number of rotatable bonds is 11. The highest BCUT2D eigenvalue weighted by atomic mass is 32.2. The molecule has 10 nitrogen and oxygen atoms in total. The zero-order chi connectivity index (χ0) is 26.1. The van der Waals surface area contributed by atoms with Gasteiger partial charge in [0.15, 0.2) is 11.5 Å². The summed E-state index contributed by atoms with van der Waals surface area (Å²) < 4.78 is 38.4. The first-order valence-electron chi connectivity index (χ1n) is 10.7. The van der Waals surface area contributed by atoms with Gasteiger partial charge in [0.1, 0.15) is 0 Å². The van der Waals surface area contributed by atoms with Crippen molar-refractivity contribution in [1.82, 2.24) is 9.73 Å². The van der Waals surface area contributed by atoms with Crippen LogP contribution in [0.4, 0.5) is 0 Å². The van der Waals surface area contributed by atoms with Crippen LogP contribution in [-0.4, -0.2) is 56.7 Å². The van der Waals surface area contributed by atoms with Crippen LogP contribution in [0.2, 0.25) is 0 Å². The minimum atomic E-state index is -4.14. The van der Waals surface area contributed by atoms with E-state index >= 15 is 0 Å². The van der Waals surface area contributed by atoms with Crippen LogP contribution in [0.25, 0.3) is 0 Å². The average molecular weight is 512 g/mol. The van der Waals surface area contributed by atoms with Crippen LogP contribution in [0.5, 0.6) is 11.5 Å². The summed E-state index contributed by atoms with van der Waals surface area (Å²) in [6.45, 7) is -0.611. The maximum Gasteiger partial charge on any atom is 0.336 e. The maximum atomic E-state index is 13.5. The van der Waals surface area contributed by atoms with Gasteiger partial charge in [0, 0.05) is 18.2 Å². The van der Waals surface area contributed by atoms with E-state index in [0.717, 1.165) is 4.31 Å². The van der Waals surface area contributed by atoms with Gasteiger partial charge in [-0.05, 0) is 23.8 Å². The molecule has 188 valence electrons. The third-order valence-corrected chi connectivity index (χ3v) is 6.89. The van der Waals surface area contributed by atoms with Crippen molar-refractivity contribution in [2.75, 3.05) is 20.8 Å². The van der Waals surface area contributed by atoms with Crippen molar-refractivity contribution in [3.63, 3.8) is 0 Å². The minimum absolute atomic E-state index is 0.0113. The van der Waals surface area contributed by atoms with Gasteiger partial charge in [0.05, 0.1) is 37.4 Å². The number of carboxylic acids is 1. The molecule has 0 saturated heterocycles. The Balaban J connectivity index is 1.85. The molecule has 36 heavy (non-hydrogen) atoms. The van der Waals surface area contributed by atoms with Gasteiger partial charge >= 0.3 is 5.97 Å². The zero-order valence-corrected chi connectivity index (χ0v) is 20.4. The van der Waals surface area contributed by atoms with Gasteiger partial charge in [-0.25, -0.2) is 18.6 Å². The monoisotopic (exact) mass is 511 g/mol. The van der Waals surface area contributed by atoms with E-state index in [1.54, 1.807) is 42.5 Å². The summed E-state index contributed by atoms with van der Waals surface area (Å²) >= 11 is 0. The molecule has 0 spiro atoms. The zero-order valence-electron chi connectivity index (χ0n) is 19.6. The van der Waals surface area contributed by atoms with Gasteiger partial charge in [-0.3, -0.25) is 4.79 Å². The van der Waals surface area contributed by atoms with Crippen LogP contribution in [-0.2, 0) is 21.4 Å². The molecule has 3 aromatic carbocycles. The van der Waals surface area contributed by atoms with Crippen molar-refractivity contribution in [1.29, 1.82) is 0 Å². The summed E-state index contributed by atoms with van der Waals surface area (Å²) in [4.78, 5) is 23.9. The van der Waals surface area contributed by atoms with Crippen molar-refractivity contribution >= 4 is 28.1 Å². The maximum absolute atomic E-state index is 13.5. The fraction of sp³-hybridized carbons (Fsp3) is 0.160. The molecule has 0 fully saturated rings. The second-order valence-electron chi connectivity index (χ2n) is 7.46. The molecule has 0 unspecified atom stereocenters. The lowest BCUT2D eigenvalue weighted by atomic mass is 10.1. The summed E-state index contributed by atoms with van der Waals surface area (Å²) in [6, 6.07) is 19.1. The number of hydrogen-bond donors (Lipinski definition) is 2. The van der Waals surface area contributed by atoms with Crippen molar-refractivity contribution in [2.45, 2.75) is 11.4 Å². The van der Waals surface area contributed by atoms with E-state index in [2.05, 4.69) is 10.5 Å². The van der Waals surface area contributed by atoms with E-state index in [0.29, 0.717) is 11.3 Å². The molecule has 0 heterocycles. The Bertz CT molecular complexity index is 1360. The van der Waals surface area contributed by atoms with Crippen LogP contribution >= 0.6 is 0 Å². The SMILES string of the molecule is COc1ccc(S(=O)(=O)N(CC(=O)N/N=C\c2ccccc2C(=O)O)Cc2ccccc2)cc1OC. The first-order chi connectivity index (χ1) is 17.3. The summed E-state index contributed by atoms with van der Waals surface area (Å²) in [7, 11) is -1.31. The fourth-order valence-electron chi connectivity index (χ4n) is 3.31. The highest BCUT2D eigenvalue weighted by Gasteiger charge is 2.28. The molecular formula is C25H25N3O7S. The van der Waals surface area contributed by atoms with Crippen LogP contribution < -0.4 is 14.9 Å². The summed E-state index contributed by atoms with van der Waals surface area (Å²) in [5.41, 5.74) is 3.23. The van der Waals surface area contributed by atoms with Crippen molar-refractivity contribution < 1.29 is 32.6 Å². The lowest BCUT2D eigenvalue weighted by Gasteiger charge is -2.22. The second-order valence-corrected chi connectivity index (χ2v) is 9.40. The number of carbonyl (C=O) groups excluding carboxylic acids is 1. The van der Waals surface area contributed by atoms with Crippen molar-refractivity contribution in [3.8, 4) is 11.5 Å². The van der Waals surface area contributed by atoms with Crippen molar-refractivity contribution in [3.05, 3.63) is 89.5 Å². The number of benzene rings is 3. The van der Waals surface area contributed by atoms with E-state index in [9.17, 15) is 23.1 Å². The molecule has 0 radical (unpaired) electrons. The van der Waals surface area contributed by atoms with Crippen LogP contribution in [0.1, 0.15) is 21.5 Å². The fourth-order valence-corrected chi connectivity index (χ4v) is 4.71. The number of hydrazone groups is 1. The molecule has 1 amide bonds. The molecule has 0 saturated carbocycles. The van der Waals surface area contributed by atoms with Gasteiger partial charge in [-0.1, -0.05) is 48.5 Å². The predicted molar refractivity (Wildman–Crippen MR) is 133 cm³/mol. The van der Waals surface area contributed by atoms with Crippen LogP contribution in [0, 0.1) is 0 Å². The third kappa shape index (κ3) is 6.46. The third-order valence-electron chi connectivity index (χ3n) is 5.10. The predicted octanol–water partition coefficient (Wildman–Crippen LogP) is 2.74. The van der Waals surface area contributed by atoms with Gasteiger partial charge in [0.2, 0.25) is 10.0 Å². The number of methoxy groups -OCH3 is 2. The minimum Gasteiger partial charge on any atom is -0.493 e. The standard InChI is InChI=1S/C25H25N3O7S/c1-34-22-13-12-20(14-23(22)35-2)36(32,33)28(16-18-8-4-3-5-9-18)17-24(29)27-26-15-19-10-6-7-11-21(19)25(30)31/h3-15H,16-17H2,1-2H3,(H,27,29)(H,30,31)/b26-15-. The first kappa shape index (κ1) is 26.4. The lowest BCUT2D eigenvalue weighted by Crippen LogP contribution is -2.39. The van der Waals surface area contributed by atoms with E-state index in [1.165, 1.54) is 50.8 Å². The number of aromatic carboxylic acids is 1. The molecule has 0 atom stereocenters. The largest absolute Gasteiger partial charge is 0.493 e. The van der Waals surface area contributed by atoms with E-state index in [1.807, 2.05) is 0 Å². The molecule has 0 aromatic heterocycles. The van der Waals surface area contributed by atoms with Gasteiger partial charge < -0.3 is 14.6 Å². The van der Waals surface area contributed by atoms with Crippen LogP contribution in [0.3, 0.4) is 0 Å². The highest BCUT2D eigenvalue weighted by Crippen LogP contribution is 2.31. The molecule has 2 N–H and O–H groups in total. The quantitative estimate of drug-likeness (QED) is 0.299. The Hall–Kier alpha value is -4.22. The number of sulfonamides is 1. The smallest absolute Gasteiger partial charge is 0.336 e.